The molecule has 0 aliphatic rings. The maximum absolute atomic E-state index is 12.1. The predicted molar refractivity (Wildman–Crippen MR) is 90.3 cm³/mol. The van der Waals surface area contributed by atoms with Crippen LogP contribution in [0.5, 0.6) is 17.2 Å². The Morgan fingerprint density at radius 2 is 1.73 bits per heavy atom. The van der Waals surface area contributed by atoms with E-state index < -0.39 is 12.3 Å². The largest absolute Gasteiger partial charge is 0.573 e. The number of amides is 1. The van der Waals surface area contributed by atoms with Gasteiger partial charge in [-0.2, -0.15) is 0 Å². The monoisotopic (exact) mass is 367 g/mol. The zero-order valence-corrected chi connectivity index (χ0v) is 14.0. The van der Waals surface area contributed by atoms with Gasteiger partial charge in [-0.25, -0.2) is 0 Å². The Morgan fingerprint density at radius 3 is 2.31 bits per heavy atom. The quantitative estimate of drug-likeness (QED) is 0.776. The molecule has 1 N–H and O–H groups in total. The molecule has 138 valence electrons. The highest BCUT2D eigenvalue weighted by molar-refractivity contribution is 6.02. The fourth-order valence-electron chi connectivity index (χ4n) is 2.13. The topological polar surface area (TPSA) is 56.8 Å². The summed E-state index contributed by atoms with van der Waals surface area (Å²) < 4.78 is 50.5. The van der Waals surface area contributed by atoms with Crippen molar-refractivity contribution in [3.05, 3.63) is 54.1 Å². The highest BCUT2D eigenvalue weighted by atomic mass is 19.4. The lowest BCUT2D eigenvalue weighted by Crippen LogP contribution is -2.17. The zero-order chi connectivity index (χ0) is 19.2. The van der Waals surface area contributed by atoms with E-state index in [2.05, 4.69) is 10.1 Å². The second-order valence-electron chi connectivity index (χ2n) is 4.98. The Morgan fingerprint density at radius 1 is 1.04 bits per heavy atom. The minimum Gasteiger partial charge on any atom is -0.493 e. The van der Waals surface area contributed by atoms with Crippen molar-refractivity contribution in [1.29, 1.82) is 0 Å². The summed E-state index contributed by atoms with van der Waals surface area (Å²) in [5.74, 6) is 0.175. The van der Waals surface area contributed by atoms with Crippen LogP contribution < -0.4 is 19.5 Å². The van der Waals surface area contributed by atoms with Crippen molar-refractivity contribution >= 4 is 17.7 Å². The number of halogens is 3. The van der Waals surface area contributed by atoms with Crippen LogP contribution in [0.4, 0.5) is 18.9 Å². The van der Waals surface area contributed by atoms with Crippen molar-refractivity contribution in [2.45, 2.75) is 6.36 Å². The van der Waals surface area contributed by atoms with Gasteiger partial charge in [0, 0.05) is 17.3 Å². The molecule has 26 heavy (non-hydrogen) atoms. The first kappa shape index (κ1) is 19.2. The summed E-state index contributed by atoms with van der Waals surface area (Å²) in [4.78, 5) is 12.0. The molecule has 2 aromatic rings. The third-order valence-corrected chi connectivity index (χ3v) is 3.20. The van der Waals surface area contributed by atoms with Crippen LogP contribution in [-0.2, 0) is 4.79 Å². The summed E-state index contributed by atoms with van der Waals surface area (Å²) >= 11 is 0. The predicted octanol–water partition coefficient (Wildman–Crippen LogP) is 4.25. The number of nitrogens with one attached hydrogen (secondary N) is 1. The molecule has 0 atom stereocenters. The number of anilines is 1. The Kier molecular flexibility index (Phi) is 6.11. The SMILES string of the molecule is COc1cccc(/C=C/C(=O)Nc2ccc(OC(F)(F)F)cc2)c1OC. The summed E-state index contributed by atoms with van der Waals surface area (Å²) in [5, 5.41) is 2.53. The van der Waals surface area contributed by atoms with Gasteiger partial charge >= 0.3 is 6.36 Å². The molecule has 0 saturated heterocycles. The number of para-hydroxylation sites is 1. The molecule has 0 spiro atoms. The molecule has 2 aromatic carbocycles. The molecule has 1 amide bonds. The van der Waals surface area contributed by atoms with Crippen LogP contribution in [-0.4, -0.2) is 26.5 Å². The average molecular weight is 367 g/mol. The van der Waals surface area contributed by atoms with Crippen LogP contribution >= 0.6 is 0 Å². The van der Waals surface area contributed by atoms with Crippen LogP contribution in [0.25, 0.3) is 6.08 Å². The Balaban J connectivity index is 2.04. The summed E-state index contributed by atoms with van der Waals surface area (Å²) in [7, 11) is 2.99. The van der Waals surface area contributed by atoms with Crippen LogP contribution in [0.1, 0.15) is 5.56 Å². The third-order valence-electron chi connectivity index (χ3n) is 3.20. The van der Waals surface area contributed by atoms with E-state index in [0.29, 0.717) is 22.7 Å². The Hall–Kier alpha value is -3.16. The van der Waals surface area contributed by atoms with E-state index in [0.717, 1.165) is 12.1 Å². The van der Waals surface area contributed by atoms with Crippen molar-refractivity contribution in [3.8, 4) is 17.2 Å². The second kappa shape index (κ2) is 8.28. The van der Waals surface area contributed by atoms with Gasteiger partial charge in [-0.05, 0) is 36.4 Å². The second-order valence-corrected chi connectivity index (χ2v) is 4.98. The van der Waals surface area contributed by atoms with E-state index >= 15 is 0 Å². The Bertz CT molecular complexity index is 786. The summed E-state index contributed by atoms with van der Waals surface area (Å²) in [5.41, 5.74) is 0.961. The van der Waals surface area contributed by atoms with Gasteiger partial charge in [-0.15, -0.1) is 13.2 Å². The van der Waals surface area contributed by atoms with Crippen molar-refractivity contribution in [2.24, 2.45) is 0 Å². The zero-order valence-electron chi connectivity index (χ0n) is 14.0. The first-order chi connectivity index (χ1) is 12.3. The maximum atomic E-state index is 12.1. The number of methoxy groups -OCH3 is 2. The number of carbonyl (C=O) groups excluding carboxylic acids is 1. The summed E-state index contributed by atoms with van der Waals surface area (Å²) in [6.07, 6.45) is -1.95. The molecule has 0 aliphatic heterocycles. The molecule has 2 rings (SSSR count). The van der Waals surface area contributed by atoms with E-state index in [1.54, 1.807) is 18.2 Å². The smallest absolute Gasteiger partial charge is 0.493 e. The molecular weight excluding hydrogens is 351 g/mol. The van der Waals surface area contributed by atoms with Crippen LogP contribution in [0.2, 0.25) is 0 Å². The first-order valence-electron chi connectivity index (χ1n) is 7.38. The number of hydrogen-bond acceptors (Lipinski definition) is 4. The molecule has 0 radical (unpaired) electrons. The van der Waals surface area contributed by atoms with Crippen LogP contribution in [0.15, 0.2) is 48.5 Å². The van der Waals surface area contributed by atoms with Gasteiger partial charge in [-0.1, -0.05) is 12.1 Å². The fourth-order valence-corrected chi connectivity index (χ4v) is 2.13. The number of benzene rings is 2. The van der Waals surface area contributed by atoms with E-state index in [9.17, 15) is 18.0 Å². The van der Waals surface area contributed by atoms with Gasteiger partial charge in [-0.3, -0.25) is 4.79 Å². The Labute approximate surface area is 148 Å². The third kappa shape index (κ3) is 5.44. The molecule has 0 fully saturated rings. The number of alkyl halides is 3. The van der Waals surface area contributed by atoms with Crippen molar-refractivity contribution in [2.75, 3.05) is 19.5 Å². The first-order valence-corrected chi connectivity index (χ1v) is 7.38. The van der Waals surface area contributed by atoms with E-state index in [-0.39, 0.29) is 5.75 Å². The minimum absolute atomic E-state index is 0.326. The lowest BCUT2D eigenvalue weighted by molar-refractivity contribution is -0.274. The molecule has 0 aromatic heterocycles. The van der Waals surface area contributed by atoms with E-state index in [1.165, 1.54) is 38.5 Å². The van der Waals surface area contributed by atoms with E-state index in [4.69, 9.17) is 9.47 Å². The van der Waals surface area contributed by atoms with Crippen molar-refractivity contribution < 1.29 is 32.2 Å². The molecule has 0 aliphatic carbocycles. The van der Waals surface area contributed by atoms with Crippen molar-refractivity contribution in [3.63, 3.8) is 0 Å². The minimum atomic E-state index is -4.76. The summed E-state index contributed by atoms with van der Waals surface area (Å²) in [6.45, 7) is 0. The van der Waals surface area contributed by atoms with E-state index in [1.807, 2.05) is 0 Å². The number of carbonyl (C=O) groups is 1. The number of hydrogen-bond donors (Lipinski definition) is 1. The normalized spacial score (nSPS) is 11.3. The highest BCUT2D eigenvalue weighted by Crippen LogP contribution is 2.31. The molecule has 0 heterocycles. The van der Waals surface area contributed by atoms with Gasteiger partial charge in [0.1, 0.15) is 5.75 Å². The van der Waals surface area contributed by atoms with Crippen molar-refractivity contribution in [1.82, 2.24) is 0 Å². The molecule has 5 nitrogen and oxygen atoms in total. The lowest BCUT2D eigenvalue weighted by atomic mass is 10.1. The highest BCUT2D eigenvalue weighted by Gasteiger charge is 2.30. The standard InChI is InChI=1S/C18H16F3NO4/c1-24-15-5-3-4-12(17(15)25-2)6-11-16(23)22-13-7-9-14(10-8-13)26-18(19,20)21/h3-11H,1-2H3,(H,22,23)/b11-6+. The van der Waals surface area contributed by atoms with Crippen LogP contribution in [0.3, 0.4) is 0 Å². The van der Waals surface area contributed by atoms with Gasteiger partial charge in [0.15, 0.2) is 11.5 Å². The lowest BCUT2D eigenvalue weighted by Gasteiger charge is -2.10. The number of ether oxygens (including phenoxy) is 3. The fraction of sp³-hybridized carbons (Fsp3) is 0.167. The average Bonchev–Trinajstić information content (AvgIpc) is 2.60. The van der Waals surface area contributed by atoms with Gasteiger partial charge in [0.25, 0.3) is 0 Å². The van der Waals surface area contributed by atoms with Gasteiger partial charge in [0.05, 0.1) is 14.2 Å². The number of rotatable bonds is 6. The summed E-state index contributed by atoms with van der Waals surface area (Å²) in [6, 6.07) is 10.0. The maximum Gasteiger partial charge on any atom is 0.573 e. The van der Waals surface area contributed by atoms with Crippen LogP contribution in [0, 0.1) is 0 Å². The molecular formula is C18H16F3NO4. The van der Waals surface area contributed by atoms with Gasteiger partial charge < -0.3 is 19.5 Å². The molecule has 0 bridgehead atoms. The molecule has 0 unspecified atom stereocenters. The van der Waals surface area contributed by atoms with Gasteiger partial charge in [0.2, 0.25) is 5.91 Å². The molecule has 0 saturated carbocycles. The molecule has 8 heteroatoms.